The number of primary amides is 1. The molecule has 0 aliphatic carbocycles. The van der Waals surface area contributed by atoms with Gasteiger partial charge in [-0.2, -0.15) is 0 Å². The van der Waals surface area contributed by atoms with E-state index in [9.17, 15) is 29.4 Å². The molecule has 2 unspecified atom stereocenters. The Hall–Kier alpha value is -0.200. The molecule has 0 heterocycles. The number of carboxylic acid groups (broad SMARTS) is 3. The van der Waals surface area contributed by atoms with Crippen molar-refractivity contribution in [2.75, 3.05) is 0 Å². The first-order valence-corrected chi connectivity index (χ1v) is 5.50. The molecule has 0 aromatic rings. The van der Waals surface area contributed by atoms with Gasteiger partial charge in [-0.15, -0.1) is 0 Å². The molecule has 7 N–H and O–H groups in total. The standard InChI is InChI=1S/C5H10N2O3.C5H9NO4.2Na/c2*6-3(5(9)10)1-2-4(7)8;;/h3H,1-2,6H2,(H2,7,8)(H,9,10);3H,1-2,6H2,(H,7,8)(H,9,10);;/q;;2*+1/p-2. The molecule has 0 aromatic carbocycles. The van der Waals surface area contributed by atoms with Crippen LogP contribution in [0.3, 0.4) is 0 Å². The summed E-state index contributed by atoms with van der Waals surface area (Å²) in [5.41, 5.74) is 14.7. The maximum atomic E-state index is 10.1. The Morgan fingerprint density at radius 1 is 0.909 bits per heavy atom. The van der Waals surface area contributed by atoms with Crippen LogP contribution in [0, 0.1) is 0 Å². The van der Waals surface area contributed by atoms with Crippen molar-refractivity contribution in [1.29, 1.82) is 0 Å². The number of carbonyl (C=O) groups is 4. The van der Waals surface area contributed by atoms with Gasteiger partial charge in [0.1, 0.15) is 6.04 Å². The van der Waals surface area contributed by atoms with E-state index in [0.717, 1.165) is 0 Å². The summed E-state index contributed by atoms with van der Waals surface area (Å²) in [5.74, 6) is -4.39. The molecule has 116 valence electrons. The third-order valence-corrected chi connectivity index (χ3v) is 1.98. The zero-order valence-electron chi connectivity index (χ0n) is 12.6. The normalized spacial score (nSPS) is 11.4. The van der Waals surface area contributed by atoms with Gasteiger partial charge in [0.25, 0.3) is 0 Å². The Morgan fingerprint density at radius 2 is 1.32 bits per heavy atom. The van der Waals surface area contributed by atoms with E-state index in [1.165, 1.54) is 0 Å². The number of hydrogen-bond donors (Lipinski definition) is 4. The zero-order chi connectivity index (χ0) is 16.3. The van der Waals surface area contributed by atoms with Crippen LogP contribution in [0.4, 0.5) is 0 Å². The van der Waals surface area contributed by atoms with Crippen molar-refractivity contribution in [3.8, 4) is 0 Å². The van der Waals surface area contributed by atoms with Gasteiger partial charge in [0, 0.05) is 18.4 Å². The number of nitrogens with two attached hydrogens (primary N) is 3. The maximum Gasteiger partial charge on any atom is 1.00 e. The van der Waals surface area contributed by atoms with E-state index in [1.807, 2.05) is 0 Å². The van der Waals surface area contributed by atoms with Crippen LogP contribution < -0.4 is 86.5 Å². The molecule has 0 saturated carbocycles. The van der Waals surface area contributed by atoms with Gasteiger partial charge < -0.3 is 42.1 Å². The summed E-state index contributed by atoms with van der Waals surface area (Å²) >= 11 is 0. The topological polar surface area (TPSA) is 213 Å². The second-order valence-electron chi connectivity index (χ2n) is 3.79. The first-order valence-electron chi connectivity index (χ1n) is 5.50. The van der Waals surface area contributed by atoms with E-state index in [1.54, 1.807) is 0 Å². The number of amides is 1. The van der Waals surface area contributed by atoms with E-state index in [-0.39, 0.29) is 84.8 Å². The average Bonchev–Trinajstić information content (AvgIpc) is 2.33. The fraction of sp³-hybridized carbons (Fsp3) is 0.600. The summed E-state index contributed by atoms with van der Waals surface area (Å²) in [5, 5.41) is 27.8. The first kappa shape index (κ1) is 29.8. The first-order chi connectivity index (χ1) is 9.07. The predicted octanol–water partition coefficient (Wildman–Crippen LogP) is -10.7. The number of carbonyl (C=O) groups excluding carboxylic acids is 3. The van der Waals surface area contributed by atoms with Gasteiger partial charge >= 0.3 is 65.1 Å². The van der Waals surface area contributed by atoms with Crippen molar-refractivity contribution in [3.63, 3.8) is 0 Å². The van der Waals surface area contributed by atoms with E-state index in [0.29, 0.717) is 0 Å². The van der Waals surface area contributed by atoms with Crippen LogP contribution in [0.25, 0.3) is 0 Å². The van der Waals surface area contributed by atoms with Gasteiger partial charge in [0.2, 0.25) is 5.91 Å². The molecule has 0 aliphatic rings. The summed E-state index contributed by atoms with van der Waals surface area (Å²) < 4.78 is 0. The maximum absolute atomic E-state index is 10.1. The minimum atomic E-state index is -1.44. The van der Waals surface area contributed by atoms with Crippen LogP contribution in [-0.2, 0) is 19.2 Å². The molecule has 0 rings (SSSR count). The Labute approximate surface area is 171 Å². The Balaban J connectivity index is -0.000000135. The molecule has 1 amide bonds. The summed E-state index contributed by atoms with van der Waals surface area (Å²) in [6.07, 6.45) is -0.377. The van der Waals surface area contributed by atoms with Gasteiger partial charge in [-0.05, 0) is 19.3 Å². The molecule has 0 saturated heterocycles. The molecule has 0 aromatic heterocycles. The van der Waals surface area contributed by atoms with Crippen LogP contribution in [0.2, 0.25) is 0 Å². The molecule has 10 nitrogen and oxygen atoms in total. The summed E-state index contributed by atoms with van der Waals surface area (Å²) in [6, 6.07) is -2.19. The van der Waals surface area contributed by atoms with E-state index < -0.39 is 35.9 Å². The SMILES string of the molecule is NC(=O)CCC(N)C(=O)O.NC(CCC(=O)[O-])C(=O)[O-].[Na+].[Na+]. The molecule has 0 fully saturated rings. The zero-order valence-corrected chi connectivity index (χ0v) is 16.6. The van der Waals surface area contributed by atoms with Gasteiger partial charge in [-0.3, -0.25) is 9.59 Å². The second-order valence-corrected chi connectivity index (χ2v) is 3.79. The average molecular weight is 337 g/mol. The minimum Gasteiger partial charge on any atom is -0.550 e. The van der Waals surface area contributed by atoms with E-state index in [4.69, 9.17) is 22.3 Å². The predicted molar refractivity (Wildman–Crippen MR) is 61.3 cm³/mol. The van der Waals surface area contributed by atoms with Crippen molar-refractivity contribution < 1.29 is 93.6 Å². The Morgan fingerprint density at radius 3 is 1.59 bits per heavy atom. The van der Waals surface area contributed by atoms with Crippen LogP contribution in [0.5, 0.6) is 0 Å². The molecule has 0 radical (unpaired) electrons. The molecule has 12 heteroatoms. The smallest absolute Gasteiger partial charge is 0.550 e. The molecular formula is C10H17N3Na2O7. The molecule has 0 aliphatic heterocycles. The third kappa shape index (κ3) is 22.1. The number of rotatable bonds is 8. The molecule has 0 bridgehead atoms. The van der Waals surface area contributed by atoms with Gasteiger partial charge in [-0.1, -0.05) is 0 Å². The van der Waals surface area contributed by atoms with Gasteiger partial charge in [0.05, 0.1) is 5.97 Å². The third-order valence-electron chi connectivity index (χ3n) is 1.98. The van der Waals surface area contributed by atoms with Gasteiger partial charge in [0.15, 0.2) is 0 Å². The van der Waals surface area contributed by atoms with Crippen molar-refractivity contribution >= 4 is 23.8 Å². The van der Waals surface area contributed by atoms with Crippen molar-refractivity contribution in [3.05, 3.63) is 0 Å². The summed E-state index contributed by atoms with van der Waals surface area (Å²) in [7, 11) is 0. The van der Waals surface area contributed by atoms with Crippen molar-refractivity contribution in [2.45, 2.75) is 37.8 Å². The molecule has 22 heavy (non-hydrogen) atoms. The summed E-state index contributed by atoms with van der Waals surface area (Å²) in [4.78, 5) is 39.7. The molecular weight excluding hydrogens is 320 g/mol. The number of hydrogen-bond acceptors (Lipinski definition) is 8. The van der Waals surface area contributed by atoms with Crippen LogP contribution in [0.15, 0.2) is 0 Å². The van der Waals surface area contributed by atoms with Crippen molar-refractivity contribution in [1.82, 2.24) is 0 Å². The number of carboxylic acids is 3. The van der Waals surface area contributed by atoms with Gasteiger partial charge in [-0.25, -0.2) is 0 Å². The van der Waals surface area contributed by atoms with Crippen LogP contribution >= 0.6 is 0 Å². The minimum absolute atomic E-state index is 0. The molecule has 0 spiro atoms. The van der Waals surface area contributed by atoms with Crippen LogP contribution in [0.1, 0.15) is 25.7 Å². The largest absolute Gasteiger partial charge is 1.00 e. The fourth-order valence-electron chi connectivity index (χ4n) is 0.812. The Kier molecular flexibility index (Phi) is 23.2. The summed E-state index contributed by atoms with van der Waals surface area (Å²) in [6.45, 7) is 0. The van der Waals surface area contributed by atoms with Crippen LogP contribution in [-0.4, -0.2) is 41.0 Å². The molecule has 2 atom stereocenters. The Bertz CT molecular complexity index is 334. The quantitative estimate of drug-likeness (QED) is 0.309. The fourth-order valence-corrected chi connectivity index (χ4v) is 0.812. The monoisotopic (exact) mass is 337 g/mol. The van der Waals surface area contributed by atoms with E-state index >= 15 is 0 Å². The van der Waals surface area contributed by atoms with E-state index in [2.05, 4.69) is 0 Å². The second kappa shape index (κ2) is 17.2. The number of aliphatic carboxylic acids is 3. The van der Waals surface area contributed by atoms with Crippen molar-refractivity contribution in [2.24, 2.45) is 17.2 Å².